The largest absolute Gasteiger partial charge is 0.480 e. The van der Waals surface area contributed by atoms with Gasteiger partial charge >= 0.3 is 12.1 Å². The second kappa shape index (κ2) is 12.5. The van der Waals surface area contributed by atoms with Crippen molar-refractivity contribution in [2.24, 2.45) is 10.9 Å². The van der Waals surface area contributed by atoms with E-state index in [4.69, 9.17) is 26.1 Å². The first-order valence-electron chi connectivity index (χ1n) is 14.2. The fourth-order valence-corrected chi connectivity index (χ4v) is 7.29. The number of aliphatic carboxylic acids is 1. The molecule has 1 aliphatic carbocycles. The lowest BCUT2D eigenvalue weighted by Gasteiger charge is -2.37. The molecule has 2 heterocycles. The van der Waals surface area contributed by atoms with Crippen LogP contribution in [0.3, 0.4) is 0 Å². The highest BCUT2D eigenvalue weighted by Gasteiger charge is 2.72. The number of carbonyl (C=O) groups is 2. The van der Waals surface area contributed by atoms with Gasteiger partial charge in [0.25, 0.3) is 0 Å². The molecule has 0 saturated heterocycles. The number of thioether (sulfide) groups is 1. The molecular formula is C31H38ClF2N3O5SSi. The lowest BCUT2D eigenvalue weighted by Crippen LogP contribution is -2.47. The summed E-state index contributed by atoms with van der Waals surface area (Å²) in [5.74, 6) is -2.98. The van der Waals surface area contributed by atoms with Gasteiger partial charge < -0.3 is 14.6 Å². The zero-order chi connectivity index (χ0) is 32.7. The number of carbonyl (C=O) groups excluding carboxylic acids is 1. The maximum atomic E-state index is 15.6. The SMILES string of the molecule is CC(C)(C)OC(=O)N(COCC[Si](C)(C)C)C1=NC(C)(c2cc(/C=C(\F)c3ccc(Cl)cn3)ccc2F)C2CC2(C(=O)O)S1. The number of amides is 1. The number of pyridine rings is 1. The molecule has 0 bridgehead atoms. The van der Waals surface area contributed by atoms with Crippen molar-refractivity contribution in [3.8, 4) is 0 Å². The minimum absolute atomic E-state index is 0.0510. The minimum atomic E-state index is -1.44. The molecule has 238 valence electrons. The number of carboxylic acids is 1. The van der Waals surface area contributed by atoms with E-state index < -0.39 is 53.6 Å². The first kappa shape index (κ1) is 34.1. The standard InChI is InChI=1S/C31H38ClF2N3O5SSi/c1-29(2,3)42-28(40)37(18-41-12-13-44(5,6)7)27-36-30(4,25-16-31(25,43-27)26(38)39)21-14-19(8-10-22(21)33)15-23(34)24-11-9-20(32)17-35-24/h8-11,14-15,17,25H,12-13,16,18H2,1-7H3,(H,38,39)/b23-15-. The first-order chi connectivity index (χ1) is 20.3. The second-order valence-corrected chi connectivity index (χ2v) is 20.8. The summed E-state index contributed by atoms with van der Waals surface area (Å²) in [4.78, 5) is 36.1. The van der Waals surface area contributed by atoms with E-state index in [1.807, 2.05) is 0 Å². The van der Waals surface area contributed by atoms with Crippen LogP contribution in [-0.2, 0) is 19.8 Å². The van der Waals surface area contributed by atoms with Crippen molar-refractivity contribution in [3.05, 3.63) is 64.2 Å². The lowest BCUT2D eigenvalue weighted by molar-refractivity contribution is -0.137. The molecule has 2 aromatic rings. The Bertz CT molecular complexity index is 1490. The number of fused-ring (bicyclic) bond motifs is 1. The average Bonchev–Trinajstić information content (AvgIpc) is 3.66. The van der Waals surface area contributed by atoms with Crippen LogP contribution in [0.15, 0.2) is 41.5 Å². The Balaban J connectivity index is 1.76. The molecular weight excluding hydrogens is 628 g/mol. The molecule has 1 aromatic carbocycles. The molecule has 8 nitrogen and oxygen atoms in total. The highest BCUT2D eigenvalue weighted by atomic mass is 35.5. The zero-order valence-corrected chi connectivity index (χ0v) is 28.5. The number of benzene rings is 1. The summed E-state index contributed by atoms with van der Waals surface area (Å²) in [5.41, 5.74) is -1.79. The van der Waals surface area contributed by atoms with Gasteiger partial charge in [-0.2, -0.15) is 0 Å². The molecule has 3 unspecified atom stereocenters. The Morgan fingerprint density at radius 1 is 1.25 bits per heavy atom. The topological polar surface area (TPSA) is 101 Å². The number of aliphatic imine (C=N–C) groups is 1. The van der Waals surface area contributed by atoms with Crippen molar-refractivity contribution < 1.29 is 33.0 Å². The summed E-state index contributed by atoms with van der Waals surface area (Å²) in [6.45, 7) is 13.6. The van der Waals surface area contributed by atoms with Crippen LogP contribution >= 0.6 is 23.4 Å². The summed E-state index contributed by atoms with van der Waals surface area (Å²) in [5, 5.41) is 10.7. The predicted octanol–water partition coefficient (Wildman–Crippen LogP) is 8.05. The number of aromatic nitrogens is 1. The van der Waals surface area contributed by atoms with Gasteiger partial charge in [-0.05, 0) is 76.1 Å². The van der Waals surface area contributed by atoms with Crippen molar-refractivity contribution in [1.82, 2.24) is 9.88 Å². The van der Waals surface area contributed by atoms with E-state index in [0.717, 1.165) is 17.8 Å². The van der Waals surface area contributed by atoms with Crippen molar-refractivity contribution in [2.45, 2.75) is 75.7 Å². The van der Waals surface area contributed by atoms with E-state index in [-0.39, 0.29) is 29.6 Å². The quantitative estimate of drug-likeness (QED) is 0.164. The van der Waals surface area contributed by atoms with Crippen LogP contribution in [0, 0.1) is 11.7 Å². The van der Waals surface area contributed by atoms with Crippen molar-refractivity contribution >= 4 is 60.6 Å². The number of hydrogen-bond donors (Lipinski definition) is 1. The van der Waals surface area contributed by atoms with E-state index in [0.29, 0.717) is 17.2 Å². The molecule has 4 rings (SSSR count). The van der Waals surface area contributed by atoms with E-state index in [2.05, 4.69) is 24.6 Å². The molecule has 0 radical (unpaired) electrons. The van der Waals surface area contributed by atoms with Crippen LogP contribution in [0.5, 0.6) is 0 Å². The Morgan fingerprint density at radius 3 is 2.55 bits per heavy atom. The molecule has 0 spiro atoms. The molecule has 1 fully saturated rings. The zero-order valence-electron chi connectivity index (χ0n) is 25.9. The Labute approximate surface area is 266 Å². The summed E-state index contributed by atoms with van der Waals surface area (Å²) >= 11 is 6.81. The highest BCUT2D eigenvalue weighted by molar-refractivity contribution is 8.15. The number of amidine groups is 1. The van der Waals surface area contributed by atoms with Crippen LogP contribution in [0.4, 0.5) is 13.6 Å². The summed E-state index contributed by atoms with van der Waals surface area (Å²) < 4.78 is 40.9. The van der Waals surface area contributed by atoms with Gasteiger partial charge in [-0.15, -0.1) is 0 Å². The van der Waals surface area contributed by atoms with Crippen LogP contribution in [-0.4, -0.2) is 64.0 Å². The maximum Gasteiger partial charge on any atom is 0.418 e. The predicted molar refractivity (Wildman–Crippen MR) is 173 cm³/mol. The summed E-state index contributed by atoms with van der Waals surface area (Å²) in [7, 11) is -1.44. The number of rotatable bonds is 9. The fourth-order valence-electron chi connectivity index (χ4n) is 4.91. The van der Waals surface area contributed by atoms with Gasteiger partial charge in [0, 0.05) is 32.4 Å². The Kier molecular flexibility index (Phi) is 9.71. The molecule has 1 aliphatic heterocycles. The molecule has 1 amide bonds. The second-order valence-electron chi connectivity index (χ2n) is 13.4. The van der Waals surface area contributed by atoms with E-state index in [9.17, 15) is 14.7 Å². The number of ether oxygens (including phenoxy) is 2. The van der Waals surface area contributed by atoms with Gasteiger partial charge in [-0.3, -0.25) is 14.8 Å². The molecule has 1 aromatic heterocycles. The molecule has 1 N–H and O–H groups in total. The van der Waals surface area contributed by atoms with Crippen LogP contribution < -0.4 is 0 Å². The number of hydrogen-bond acceptors (Lipinski definition) is 7. The van der Waals surface area contributed by atoms with Crippen LogP contribution in [0.2, 0.25) is 30.7 Å². The molecule has 3 atom stereocenters. The van der Waals surface area contributed by atoms with E-state index in [1.165, 1.54) is 47.5 Å². The monoisotopic (exact) mass is 665 g/mol. The van der Waals surface area contributed by atoms with Crippen molar-refractivity contribution in [1.29, 1.82) is 0 Å². The number of carboxylic acid groups (broad SMARTS) is 1. The lowest BCUT2D eigenvalue weighted by atomic mass is 9.84. The highest BCUT2D eigenvalue weighted by Crippen LogP contribution is 2.66. The smallest absolute Gasteiger partial charge is 0.418 e. The number of halogens is 3. The van der Waals surface area contributed by atoms with Gasteiger partial charge in [0.15, 0.2) is 5.17 Å². The van der Waals surface area contributed by atoms with E-state index in [1.54, 1.807) is 27.7 Å². The summed E-state index contributed by atoms with van der Waals surface area (Å²) in [6, 6.07) is 7.85. The van der Waals surface area contributed by atoms with Crippen LogP contribution in [0.25, 0.3) is 11.9 Å². The minimum Gasteiger partial charge on any atom is -0.480 e. The van der Waals surface area contributed by atoms with Gasteiger partial charge in [0.2, 0.25) is 0 Å². The Morgan fingerprint density at radius 2 is 1.95 bits per heavy atom. The molecule has 2 aliphatic rings. The van der Waals surface area contributed by atoms with Gasteiger partial charge in [0.05, 0.1) is 16.3 Å². The van der Waals surface area contributed by atoms with Gasteiger partial charge in [0.1, 0.15) is 28.7 Å². The Hall–Kier alpha value is -2.80. The third-order valence-electron chi connectivity index (χ3n) is 7.41. The van der Waals surface area contributed by atoms with Crippen molar-refractivity contribution in [3.63, 3.8) is 0 Å². The fraction of sp³-hybridized carbons (Fsp3) is 0.484. The van der Waals surface area contributed by atoms with Crippen molar-refractivity contribution in [2.75, 3.05) is 13.3 Å². The maximum absolute atomic E-state index is 15.6. The third-order valence-corrected chi connectivity index (χ3v) is 10.8. The molecule has 13 heteroatoms. The van der Waals surface area contributed by atoms with E-state index >= 15 is 8.78 Å². The van der Waals surface area contributed by atoms with Gasteiger partial charge in [-0.1, -0.05) is 49.1 Å². The molecule has 44 heavy (non-hydrogen) atoms. The van der Waals surface area contributed by atoms with Crippen LogP contribution in [0.1, 0.15) is 50.9 Å². The van der Waals surface area contributed by atoms with Gasteiger partial charge in [-0.25, -0.2) is 18.5 Å². The average molecular weight is 666 g/mol. The number of nitrogens with zero attached hydrogens (tertiary/aromatic N) is 3. The molecule has 1 saturated carbocycles. The normalized spacial score (nSPS) is 23.5. The third kappa shape index (κ3) is 7.70. The summed E-state index contributed by atoms with van der Waals surface area (Å²) in [6.07, 6.45) is 1.97. The first-order valence-corrected chi connectivity index (χ1v) is 19.1.